The van der Waals surface area contributed by atoms with Gasteiger partial charge in [-0.1, -0.05) is 0 Å². The largest absolute Gasteiger partial charge is 0.452 e. The van der Waals surface area contributed by atoms with E-state index in [1.54, 1.807) is 4.90 Å². The van der Waals surface area contributed by atoms with Crippen LogP contribution in [0.15, 0.2) is 24.3 Å². The molecule has 0 N–H and O–H groups in total. The number of carbonyl (C=O) groups excluding carboxylic acids is 2. The second kappa shape index (κ2) is 6.83. The number of hydrogen-bond donors (Lipinski definition) is 0. The summed E-state index contributed by atoms with van der Waals surface area (Å²) < 4.78 is 4.94. The van der Waals surface area contributed by atoms with Crippen molar-refractivity contribution in [1.82, 2.24) is 4.90 Å². The third kappa shape index (κ3) is 4.01. The predicted octanol–water partition coefficient (Wildman–Crippen LogP) is 1.76. The Morgan fingerprint density at radius 1 is 1.14 bits per heavy atom. The summed E-state index contributed by atoms with van der Waals surface area (Å²) in [6.07, 6.45) is 3.07. The van der Waals surface area contributed by atoms with E-state index in [1.807, 2.05) is 0 Å². The lowest BCUT2D eigenvalue weighted by Crippen LogP contribution is -2.38. The normalized spacial score (nSPS) is 14.6. The van der Waals surface area contributed by atoms with Gasteiger partial charge in [-0.05, 0) is 31.4 Å². The Hall–Kier alpha value is -2.44. The molecule has 112 valence electrons. The molecule has 1 heterocycles. The molecule has 1 saturated heterocycles. The number of piperidine rings is 1. The Morgan fingerprint density at radius 3 is 2.33 bits per heavy atom. The predicted molar refractivity (Wildman–Crippen MR) is 73.8 cm³/mol. The molecule has 1 aliphatic rings. The Bertz CT molecular complexity index is 535. The fraction of sp³-hybridized carbons (Fsp3) is 0.429. The molecule has 1 aromatic rings. The molecular formula is C14H16N2O5. The molecule has 1 aromatic carbocycles. The molecule has 7 nitrogen and oxygen atoms in total. The molecule has 7 heteroatoms. The lowest BCUT2D eigenvalue weighted by atomic mass is 10.1. The van der Waals surface area contributed by atoms with Crippen LogP contribution in [0.25, 0.3) is 0 Å². The number of likely N-dealkylation sites (tertiary alicyclic amines) is 1. The van der Waals surface area contributed by atoms with Gasteiger partial charge in [-0.2, -0.15) is 0 Å². The second-order valence-corrected chi connectivity index (χ2v) is 4.82. The van der Waals surface area contributed by atoms with Crippen LogP contribution in [-0.4, -0.2) is 41.4 Å². The number of hydrogen-bond acceptors (Lipinski definition) is 5. The van der Waals surface area contributed by atoms with Crippen molar-refractivity contribution >= 4 is 17.6 Å². The number of rotatable bonds is 4. The maximum atomic E-state index is 11.8. The van der Waals surface area contributed by atoms with E-state index in [-0.39, 0.29) is 23.8 Å². The van der Waals surface area contributed by atoms with E-state index in [0.29, 0.717) is 13.1 Å². The van der Waals surface area contributed by atoms with Gasteiger partial charge in [0.15, 0.2) is 6.61 Å². The number of esters is 1. The highest BCUT2D eigenvalue weighted by Crippen LogP contribution is 2.13. The van der Waals surface area contributed by atoms with E-state index in [1.165, 1.54) is 24.3 Å². The number of nitro benzene ring substituents is 1. The average molecular weight is 292 g/mol. The van der Waals surface area contributed by atoms with E-state index in [9.17, 15) is 19.7 Å². The van der Waals surface area contributed by atoms with Crippen LogP contribution in [0, 0.1) is 10.1 Å². The molecule has 0 bridgehead atoms. The van der Waals surface area contributed by atoms with Crippen molar-refractivity contribution in [2.24, 2.45) is 0 Å². The van der Waals surface area contributed by atoms with Gasteiger partial charge in [0, 0.05) is 25.2 Å². The highest BCUT2D eigenvalue weighted by atomic mass is 16.6. The van der Waals surface area contributed by atoms with Gasteiger partial charge >= 0.3 is 5.97 Å². The first-order valence-corrected chi connectivity index (χ1v) is 6.77. The van der Waals surface area contributed by atoms with Crippen molar-refractivity contribution in [1.29, 1.82) is 0 Å². The Labute approximate surface area is 121 Å². The highest BCUT2D eigenvalue weighted by Gasteiger charge is 2.18. The first-order valence-electron chi connectivity index (χ1n) is 6.77. The molecule has 0 radical (unpaired) electrons. The summed E-state index contributed by atoms with van der Waals surface area (Å²) in [5.74, 6) is -0.861. The minimum atomic E-state index is -0.657. The zero-order valence-corrected chi connectivity index (χ0v) is 11.5. The van der Waals surface area contributed by atoms with Crippen molar-refractivity contribution < 1.29 is 19.2 Å². The number of amides is 1. The van der Waals surface area contributed by atoms with Crippen molar-refractivity contribution in [3.05, 3.63) is 39.9 Å². The van der Waals surface area contributed by atoms with Gasteiger partial charge in [-0.15, -0.1) is 0 Å². The molecule has 0 aliphatic carbocycles. The molecule has 1 fully saturated rings. The number of nitrogens with zero attached hydrogens (tertiary/aromatic N) is 2. The fourth-order valence-electron chi connectivity index (χ4n) is 2.16. The van der Waals surface area contributed by atoms with Gasteiger partial charge in [0.1, 0.15) is 0 Å². The zero-order valence-electron chi connectivity index (χ0n) is 11.5. The number of non-ortho nitro benzene ring substituents is 1. The van der Waals surface area contributed by atoms with E-state index in [2.05, 4.69) is 0 Å². The second-order valence-electron chi connectivity index (χ2n) is 4.82. The third-order valence-corrected chi connectivity index (χ3v) is 3.35. The molecule has 2 rings (SSSR count). The monoisotopic (exact) mass is 292 g/mol. The quantitative estimate of drug-likeness (QED) is 0.479. The minimum absolute atomic E-state index is 0.101. The van der Waals surface area contributed by atoms with Gasteiger partial charge < -0.3 is 9.64 Å². The summed E-state index contributed by atoms with van der Waals surface area (Å²) in [6, 6.07) is 5.07. The zero-order chi connectivity index (χ0) is 15.2. The summed E-state index contributed by atoms with van der Waals surface area (Å²) in [7, 11) is 0. The van der Waals surface area contributed by atoms with Crippen molar-refractivity contribution in [3.63, 3.8) is 0 Å². The van der Waals surface area contributed by atoms with Crippen LogP contribution in [0.2, 0.25) is 0 Å². The molecule has 21 heavy (non-hydrogen) atoms. The number of ether oxygens (including phenoxy) is 1. The fourth-order valence-corrected chi connectivity index (χ4v) is 2.16. The maximum Gasteiger partial charge on any atom is 0.338 e. The van der Waals surface area contributed by atoms with Gasteiger partial charge in [-0.3, -0.25) is 14.9 Å². The standard InChI is InChI=1S/C14H16N2O5/c17-13(15-8-2-1-3-9-15)10-21-14(18)11-4-6-12(7-5-11)16(19)20/h4-7H,1-3,8-10H2. The Balaban J connectivity index is 1.86. The third-order valence-electron chi connectivity index (χ3n) is 3.35. The van der Waals surface area contributed by atoms with Crippen molar-refractivity contribution in [2.45, 2.75) is 19.3 Å². The average Bonchev–Trinajstić information content (AvgIpc) is 2.53. The Kier molecular flexibility index (Phi) is 4.86. The van der Waals surface area contributed by atoms with Crippen molar-refractivity contribution in [3.8, 4) is 0 Å². The lowest BCUT2D eigenvalue weighted by molar-refractivity contribution is -0.384. The highest BCUT2D eigenvalue weighted by molar-refractivity contribution is 5.91. The van der Waals surface area contributed by atoms with E-state index < -0.39 is 10.9 Å². The topological polar surface area (TPSA) is 89.8 Å². The van der Waals surface area contributed by atoms with Crippen LogP contribution in [0.5, 0.6) is 0 Å². The minimum Gasteiger partial charge on any atom is -0.452 e. The van der Waals surface area contributed by atoms with Gasteiger partial charge in [0.2, 0.25) is 0 Å². The van der Waals surface area contributed by atoms with E-state index in [4.69, 9.17) is 4.74 Å². The molecule has 0 spiro atoms. The number of benzene rings is 1. The van der Waals surface area contributed by atoms with E-state index in [0.717, 1.165) is 19.3 Å². The summed E-state index contributed by atoms with van der Waals surface area (Å²) in [5.41, 5.74) is 0.0861. The molecule has 0 aromatic heterocycles. The molecule has 0 saturated carbocycles. The maximum absolute atomic E-state index is 11.8. The van der Waals surface area contributed by atoms with E-state index >= 15 is 0 Å². The van der Waals surface area contributed by atoms with Crippen LogP contribution in [0.1, 0.15) is 29.6 Å². The van der Waals surface area contributed by atoms with Crippen LogP contribution >= 0.6 is 0 Å². The van der Waals surface area contributed by atoms with Crippen LogP contribution in [-0.2, 0) is 9.53 Å². The van der Waals surface area contributed by atoms with Gasteiger partial charge in [0.25, 0.3) is 11.6 Å². The number of nitro groups is 1. The van der Waals surface area contributed by atoms with Crippen LogP contribution in [0.3, 0.4) is 0 Å². The SMILES string of the molecule is O=C(OCC(=O)N1CCCCC1)c1ccc([N+](=O)[O-])cc1. The molecular weight excluding hydrogens is 276 g/mol. The summed E-state index contributed by atoms with van der Waals surface area (Å²) >= 11 is 0. The summed E-state index contributed by atoms with van der Waals surface area (Å²) in [4.78, 5) is 35.2. The van der Waals surface area contributed by atoms with Crippen LogP contribution < -0.4 is 0 Å². The molecule has 1 aliphatic heterocycles. The van der Waals surface area contributed by atoms with Gasteiger partial charge in [-0.25, -0.2) is 4.79 Å². The smallest absolute Gasteiger partial charge is 0.338 e. The summed E-state index contributed by atoms with van der Waals surface area (Å²) in [5, 5.41) is 10.5. The first kappa shape index (κ1) is 15.0. The molecule has 0 unspecified atom stereocenters. The number of carbonyl (C=O) groups is 2. The lowest BCUT2D eigenvalue weighted by Gasteiger charge is -2.26. The molecule has 1 amide bonds. The first-order chi connectivity index (χ1) is 10.1. The van der Waals surface area contributed by atoms with Crippen molar-refractivity contribution in [2.75, 3.05) is 19.7 Å². The summed E-state index contributed by atoms with van der Waals surface area (Å²) in [6.45, 7) is 1.11. The van der Waals surface area contributed by atoms with Crippen LogP contribution in [0.4, 0.5) is 5.69 Å². The molecule has 0 atom stereocenters. The Morgan fingerprint density at radius 2 is 1.76 bits per heavy atom. The van der Waals surface area contributed by atoms with Gasteiger partial charge in [0.05, 0.1) is 10.5 Å².